The number of carboxylic acids is 1. The smallest absolute Gasteiger partial charge is 0.306 e. The van der Waals surface area contributed by atoms with Crippen LogP contribution in [0.25, 0.3) is 0 Å². The van der Waals surface area contributed by atoms with Gasteiger partial charge in [-0.3, -0.25) is 24.1 Å². The van der Waals surface area contributed by atoms with E-state index in [1.165, 1.54) is 0 Å². The second-order valence-corrected chi connectivity index (χ2v) is 14.3. The molecule has 1 aromatic carbocycles. The zero-order valence-corrected chi connectivity index (χ0v) is 29.4. The van der Waals surface area contributed by atoms with Gasteiger partial charge in [0.05, 0.1) is 12.0 Å². The van der Waals surface area contributed by atoms with Crippen molar-refractivity contribution in [2.75, 3.05) is 13.6 Å². The summed E-state index contributed by atoms with van der Waals surface area (Å²) in [6.07, 6.45) is 3.37. The van der Waals surface area contributed by atoms with E-state index in [-0.39, 0.29) is 48.2 Å². The van der Waals surface area contributed by atoms with Crippen LogP contribution in [0.3, 0.4) is 0 Å². The molecule has 1 unspecified atom stereocenters. The Hall–Kier alpha value is -3.35. The van der Waals surface area contributed by atoms with Crippen molar-refractivity contribution in [3.05, 3.63) is 52.0 Å². The van der Waals surface area contributed by atoms with E-state index in [0.29, 0.717) is 17.8 Å². The SMILES string of the molecule is CC[C@H](C)[C@H](NC(=O)[C@H]1CCCCN1C)C(=O)NC(C[C@@H](O)c1nc(C(=O)N[C@@H](Cc2ccccc2)C[C@H](C)C(=O)O)cs1)C(C)C. The van der Waals surface area contributed by atoms with E-state index in [4.69, 9.17) is 0 Å². The predicted octanol–water partition coefficient (Wildman–Crippen LogP) is 4.17. The summed E-state index contributed by atoms with van der Waals surface area (Å²) in [5.74, 6) is -2.55. The standard InChI is InChI=1S/C35H53N5O6S/c1-7-22(4)30(39-32(43)28-15-11-12-16-40(28)6)33(44)37-26(21(2)3)19-29(41)34-38-27(20-47-34)31(42)36-25(17-23(5)35(45)46)18-24-13-9-8-10-14-24/h8-10,13-14,20-23,25-26,28-30,41H,7,11-12,15-19H2,1-6H3,(H,36,42)(H,37,44)(H,39,43)(H,45,46)/t22-,23-,25+,26?,28+,29+,30-/m0/s1. The van der Waals surface area contributed by atoms with E-state index in [0.717, 1.165) is 42.7 Å². The first-order valence-corrected chi connectivity index (χ1v) is 17.7. The monoisotopic (exact) mass is 671 g/mol. The number of carboxylic acid groups (broad SMARTS) is 1. The zero-order valence-electron chi connectivity index (χ0n) is 28.6. The average molecular weight is 672 g/mol. The van der Waals surface area contributed by atoms with Gasteiger partial charge in [-0.25, -0.2) is 4.98 Å². The molecule has 2 aromatic rings. The predicted molar refractivity (Wildman–Crippen MR) is 183 cm³/mol. The van der Waals surface area contributed by atoms with Crippen LogP contribution in [0.2, 0.25) is 0 Å². The largest absolute Gasteiger partial charge is 0.481 e. The van der Waals surface area contributed by atoms with Crippen LogP contribution < -0.4 is 16.0 Å². The van der Waals surface area contributed by atoms with E-state index < -0.39 is 42.0 Å². The van der Waals surface area contributed by atoms with E-state index in [2.05, 4.69) is 20.9 Å². The van der Waals surface area contributed by atoms with Crippen molar-refractivity contribution in [1.82, 2.24) is 25.8 Å². The molecule has 0 radical (unpaired) electrons. The molecule has 3 amide bonds. The molecule has 0 aliphatic carbocycles. The van der Waals surface area contributed by atoms with Crippen molar-refractivity contribution in [2.24, 2.45) is 17.8 Å². The van der Waals surface area contributed by atoms with Crippen LogP contribution in [0.1, 0.15) is 100 Å². The highest BCUT2D eigenvalue weighted by atomic mass is 32.1. The molecule has 0 saturated carbocycles. The molecule has 11 nitrogen and oxygen atoms in total. The molecular weight excluding hydrogens is 618 g/mol. The van der Waals surface area contributed by atoms with Crippen LogP contribution in [-0.2, 0) is 20.8 Å². The lowest BCUT2D eigenvalue weighted by molar-refractivity contribution is -0.141. The van der Waals surface area contributed by atoms with Crippen molar-refractivity contribution in [1.29, 1.82) is 0 Å². The lowest BCUT2D eigenvalue weighted by Gasteiger charge is -2.34. The highest BCUT2D eigenvalue weighted by molar-refractivity contribution is 7.09. The fourth-order valence-corrected chi connectivity index (χ4v) is 6.69. The summed E-state index contributed by atoms with van der Waals surface area (Å²) in [6, 6.07) is 7.75. The van der Waals surface area contributed by atoms with Crippen LogP contribution in [-0.4, -0.2) is 81.5 Å². The molecule has 7 atom stereocenters. The Balaban J connectivity index is 1.66. The van der Waals surface area contributed by atoms with E-state index in [1.807, 2.05) is 70.0 Å². The number of hydrogen-bond donors (Lipinski definition) is 5. The maximum atomic E-state index is 13.6. The number of likely N-dealkylation sites (N-methyl/N-ethyl adjacent to an activating group) is 1. The summed E-state index contributed by atoms with van der Waals surface area (Å²) in [4.78, 5) is 58.0. The maximum absolute atomic E-state index is 13.6. The Morgan fingerprint density at radius 1 is 1.02 bits per heavy atom. The van der Waals surface area contributed by atoms with Gasteiger partial charge in [0, 0.05) is 23.9 Å². The number of carbonyl (C=O) groups excluding carboxylic acids is 3. The van der Waals surface area contributed by atoms with Crippen LogP contribution in [0.5, 0.6) is 0 Å². The highest BCUT2D eigenvalue weighted by Crippen LogP contribution is 2.26. The third kappa shape index (κ3) is 11.4. The molecule has 0 bridgehead atoms. The number of nitrogens with zero attached hydrogens (tertiary/aromatic N) is 2. The van der Waals surface area contributed by atoms with Crippen LogP contribution >= 0.6 is 11.3 Å². The number of aliphatic hydroxyl groups is 1. The first-order chi connectivity index (χ1) is 22.3. The minimum Gasteiger partial charge on any atom is -0.481 e. The topological polar surface area (TPSA) is 161 Å². The number of aliphatic carboxylic acids is 1. The van der Waals surface area contributed by atoms with E-state index in [1.54, 1.807) is 12.3 Å². The Bertz CT molecular complexity index is 1320. The second kappa shape index (κ2) is 18.3. The van der Waals surface area contributed by atoms with Crippen molar-refractivity contribution in [2.45, 2.75) is 110 Å². The Labute approximate surface area is 282 Å². The summed E-state index contributed by atoms with van der Waals surface area (Å²) >= 11 is 1.16. The number of benzene rings is 1. The normalized spacial score (nSPS) is 19.2. The molecule has 1 aromatic heterocycles. The van der Waals surface area contributed by atoms with Crippen LogP contribution in [0.15, 0.2) is 35.7 Å². The number of hydrogen-bond acceptors (Lipinski definition) is 8. The number of amides is 3. The van der Waals surface area contributed by atoms with Gasteiger partial charge in [-0.2, -0.15) is 0 Å². The van der Waals surface area contributed by atoms with Crippen molar-refractivity contribution in [3.8, 4) is 0 Å². The molecule has 2 heterocycles. The number of nitrogens with one attached hydrogen (secondary N) is 3. The summed E-state index contributed by atoms with van der Waals surface area (Å²) in [5, 5.41) is 31.6. The minimum atomic E-state index is -1.03. The molecular formula is C35H53N5O6S. The van der Waals surface area contributed by atoms with E-state index in [9.17, 15) is 29.4 Å². The van der Waals surface area contributed by atoms with Gasteiger partial charge in [0.15, 0.2) is 0 Å². The number of aromatic nitrogens is 1. The number of likely N-dealkylation sites (tertiary alicyclic amines) is 1. The minimum absolute atomic E-state index is 0.0240. The number of rotatable bonds is 17. The number of thiazole rings is 1. The molecule has 1 saturated heterocycles. The van der Waals surface area contributed by atoms with Crippen LogP contribution in [0, 0.1) is 17.8 Å². The fraction of sp³-hybridized carbons (Fsp3) is 0.629. The first kappa shape index (κ1) is 38.1. The van der Waals surface area contributed by atoms with Gasteiger partial charge < -0.3 is 26.2 Å². The summed E-state index contributed by atoms with van der Waals surface area (Å²) in [7, 11) is 1.94. The molecule has 1 aliphatic heterocycles. The fourth-order valence-electron chi connectivity index (χ4n) is 5.89. The summed E-state index contributed by atoms with van der Waals surface area (Å²) in [6.45, 7) is 10.3. The molecule has 3 rings (SSSR count). The third-order valence-electron chi connectivity index (χ3n) is 9.24. The Morgan fingerprint density at radius 3 is 2.34 bits per heavy atom. The van der Waals surface area contributed by atoms with Gasteiger partial charge in [-0.1, -0.05) is 77.8 Å². The molecule has 12 heteroatoms. The second-order valence-electron chi connectivity index (χ2n) is 13.4. The molecule has 47 heavy (non-hydrogen) atoms. The third-order valence-corrected chi connectivity index (χ3v) is 10.2. The molecule has 1 fully saturated rings. The Kier molecular flexibility index (Phi) is 14.8. The van der Waals surface area contributed by atoms with E-state index >= 15 is 0 Å². The zero-order chi connectivity index (χ0) is 34.7. The average Bonchev–Trinajstić information content (AvgIpc) is 3.54. The molecule has 0 spiro atoms. The van der Waals surface area contributed by atoms with Gasteiger partial charge in [0.1, 0.15) is 22.8 Å². The first-order valence-electron chi connectivity index (χ1n) is 16.8. The van der Waals surface area contributed by atoms with Gasteiger partial charge in [-0.15, -0.1) is 11.3 Å². The molecule has 5 N–H and O–H groups in total. The van der Waals surface area contributed by atoms with Crippen molar-refractivity contribution < 1.29 is 29.4 Å². The number of piperidine rings is 1. The number of carbonyl (C=O) groups is 4. The highest BCUT2D eigenvalue weighted by Gasteiger charge is 2.34. The Morgan fingerprint density at radius 2 is 1.72 bits per heavy atom. The number of aliphatic hydroxyl groups excluding tert-OH is 1. The van der Waals surface area contributed by atoms with Crippen molar-refractivity contribution in [3.63, 3.8) is 0 Å². The van der Waals surface area contributed by atoms with Gasteiger partial charge in [0.25, 0.3) is 5.91 Å². The lowest BCUT2D eigenvalue weighted by atomic mass is 9.94. The van der Waals surface area contributed by atoms with Gasteiger partial charge in [0.2, 0.25) is 11.8 Å². The molecule has 1 aliphatic rings. The maximum Gasteiger partial charge on any atom is 0.306 e. The quantitative estimate of drug-likeness (QED) is 0.168. The van der Waals surface area contributed by atoms with Crippen molar-refractivity contribution >= 4 is 35.0 Å². The van der Waals surface area contributed by atoms with Crippen LogP contribution in [0.4, 0.5) is 0 Å². The summed E-state index contributed by atoms with van der Waals surface area (Å²) < 4.78 is 0. The van der Waals surface area contributed by atoms with Gasteiger partial charge >= 0.3 is 5.97 Å². The lowest BCUT2D eigenvalue weighted by Crippen LogP contribution is -2.57. The summed E-state index contributed by atoms with van der Waals surface area (Å²) in [5.41, 5.74) is 1.12. The molecule has 260 valence electrons. The van der Waals surface area contributed by atoms with Gasteiger partial charge in [-0.05, 0) is 56.7 Å².